The van der Waals surface area contributed by atoms with Crippen LogP contribution >= 0.6 is 11.8 Å². The van der Waals surface area contributed by atoms with Gasteiger partial charge in [0, 0.05) is 11.3 Å². The Morgan fingerprint density at radius 3 is 2.24 bits per heavy atom. The van der Waals surface area contributed by atoms with Crippen LogP contribution in [0, 0.1) is 5.92 Å². The highest BCUT2D eigenvalue weighted by molar-refractivity contribution is 7.99. The summed E-state index contributed by atoms with van der Waals surface area (Å²) in [6, 6.07) is 11.8. The molecule has 0 bridgehead atoms. The van der Waals surface area contributed by atoms with Crippen molar-refractivity contribution >= 4 is 41.3 Å². The Labute approximate surface area is 243 Å². The summed E-state index contributed by atoms with van der Waals surface area (Å²) in [7, 11) is 0. The van der Waals surface area contributed by atoms with Crippen molar-refractivity contribution in [2.24, 2.45) is 5.92 Å². The molecule has 0 aliphatic rings. The Hall–Kier alpha value is -4.06. The highest BCUT2D eigenvalue weighted by Crippen LogP contribution is 2.25. The lowest BCUT2D eigenvalue weighted by Crippen LogP contribution is -2.54. The van der Waals surface area contributed by atoms with Gasteiger partial charge in [-0.05, 0) is 36.6 Å². The molecule has 0 aliphatic carbocycles. The van der Waals surface area contributed by atoms with Gasteiger partial charge in [0.15, 0.2) is 12.4 Å². The number of carboxylic acids is 2. The molecule has 0 fully saturated rings. The van der Waals surface area contributed by atoms with Crippen molar-refractivity contribution in [2.45, 2.75) is 51.4 Å². The van der Waals surface area contributed by atoms with E-state index in [9.17, 15) is 29.1 Å². The van der Waals surface area contributed by atoms with Crippen molar-refractivity contribution in [3.05, 3.63) is 59.7 Å². The van der Waals surface area contributed by atoms with E-state index in [-0.39, 0.29) is 23.8 Å². The smallest absolute Gasteiger partial charge is 0.341 e. The van der Waals surface area contributed by atoms with Gasteiger partial charge in [-0.1, -0.05) is 44.2 Å². The molecule has 2 rings (SSSR count). The Morgan fingerprint density at radius 2 is 1.63 bits per heavy atom. The molecule has 4 N–H and O–H groups in total. The first-order valence-corrected chi connectivity index (χ1v) is 14.2. The minimum Gasteiger partial charge on any atom is -0.494 e. The topological polar surface area (TPSA) is 168 Å². The molecule has 11 nitrogen and oxygen atoms in total. The summed E-state index contributed by atoms with van der Waals surface area (Å²) < 4.78 is 10.8. The number of hydrogen-bond donors (Lipinski definition) is 4. The summed E-state index contributed by atoms with van der Waals surface area (Å²) in [6.45, 7) is 4.95. The van der Waals surface area contributed by atoms with E-state index in [1.807, 2.05) is 30.3 Å². The van der Waals surface area contributed by atoms with Crippen molar-refractivity contribution in [1.82, 2.24) is 10.6 Å². The summed E-state index contributed by atoms with van der Waals surface area (Å²) in [6.07, 6.45) is -0.792. The van der Waals surface area contributed by atoms with Gasteiger partial charge in [0.25, 0.3) is 0 Å². The largest absolute Gasteiger partial charge is 0.494 e. The lowest BCUT2D eigenvalue weighted by Gasteiger charge is -2.25. The second kappa shape index (κ2) is 16.9. The number of hydrogen-bond acceptors (Lipinski definition) is 8. The monoisotopic (exact) mass is 588 g/mol. The summed E-state index contributed by atoms with van der Waals surface area (Å²) in [5, 5.41) is 23.4. The maximum Gasteiger partial charge on any atom is 0.341 e. The summed E-state index contributed by atoms with van der Waals surface area (Å²) in [4.78, 5) is 61.3. The van der Waals surface area contributed by atoms with E-state index in [4.69, 9.17) is 14.6 Å². The first kappa shape index (κ1) is 33.1. The fourth-order valence-electron chi connectivity index (χ4n) is 3.78. The normalized spacial score (nSPS) is 12.2. The second-order valence-electron chi connectivity index (χ2n) is 9.45. The molecule has 12 heteroatoms. The number of ether oxygens (including phenoxy) is 2. The molecule has 2 aromatic carbocycles. The average Bonchev–Trinajstić information content (AvgIpc) is 2.91. The van der Waals surface area contributed by atoms with Gasteiger partial charge in [-0.2, -0.15) is 0 Å². The van der Waals surface area contributed by atoms with Gasteiger partial charge in [0.2, 0.25) is 11.8 Å². The van der Waals surface area contributed by atoms with Crippen LogP contribution in [0.5, 0.6) is 11.5 Å². The summed E-state index contributed by atoms with van der Waals surface area (Å²) in [5.41, 5.74) is 1.43. The first-order valence-electron chi connectivity index (χ1n) is 13.1. The standard InChI is InChI=1S/C29H36N2O9S/c1-4-39-24-11-10-21(40-15-27(36)37)12-20(24)13-25(33)31-28(18(2)3)29(38)30-22(14-26(34)35)23(32)17-41-16-19-8-6-5-7-9-19/h5-12,18,22,28H,4,13-17H2,1-3H3,(H,30,38)(H,31,33)(H,34,35)(H,36,37)/t22?,28-/m0/s1. The van der Waals surface area contributed by atoms with Gasteiger partial charge in [-0.15, -0.1) is 11.8 Å². The van der Waals surface area contributed by atoms with Crippen LogP contribution in [0.25, 0.3) is 0 Å². The molecule has 2 amide bonds. The summed E-state index contributed by atoms with van der Waals surface area (Å²) >= 11 is 1.32. The van der Waals surface area contributed by atoms with E-state index >= 15 is 0 Å². The van der Waals surface area contributed by atoms with Gasteiger partial charge in [-0.3, -0.25) is 19.2 Å². The maximum atomic E-state index is 13.2. The molecule has 0 saturated heterocycles. The fourth-order valence-corrected chi connectivity index (χ4v) is 4.72. The maximum absolute atomic E-state index is 13.2. The van der Waals surface area contributed by atoms with Gasteiger partial charge >= 0.3 is 11.9 Å². The van der Waals surface area contributed by atoms with Crippen LogP contribution in [-0.4, -0.2) is 70.8 Å². The Morgan fingerprint density at radius 1 is 0.927 bits per heavy atom. The van der Waals surface area contributed by atoms with E-state index in [1.165, 1.54) is 23.9 Å². The van der Waals surface area contributed by atoms with Crippen LogP contribution in [0.4, 0.5) is 0 Å². The third-order valence-corrected chi connectivity index (χ3v) is 6.78. The number of benzene rings is 2. The van der Waals surface area contributed by atoms with Gasteiger partial charge in [0.05, 0.1) is 31.2 Å². The molecule has 2 aromatic rings. The van der Waals surface area contributed by atoms with Crippen molar-refractivity contribution < 1.29 is 43.7 Å². The Balaban J connectivity index is 2.08. The molecular formula is C29H36N2O9S. The quantitative estimate of drug-likeness (QED) is 0.203. The Bertz CT molecular complexity index is 1200. The minimum absolute atomic E-state index is 0.00627. The molecule has 0 saturated carbocycles. The number of carbonyl (C=O) groups excluding carboxylic acids is 3. The van der Waals surface area contributed by atoms with Crippen LogP contribution in [0.2, 0.25) is 0 Å². The van der Waals surface area contributed by atoms with Crippen LogP contribution in [0.1, 0.15) is 38.3 Å². The average molecular weight is 589 g/mol. The number of carbonyl (C=O) groups is 5. The predicted molar refractivity (Wildman–Crippen MR) is 153 cm³/mol. The molecular weight excluding hydrogens is 552 g/mol. The van der Waals surface area contributed by atoms with E-state index in [0.717, 1.165) is 5.56 Å². The lowest BCUT2D eigenvalue weighted by atomic mass is 10.0. The first-order chi connectivity index (χ1) is 19.5. The molecule has 41 heavy (non-hydrogen) atoms. The van der Waals surface area contributed by atoms with E-state index in [2.05, 4.69) is 10.6 Å². The molecule has 0 aromatic heterocycles. The number of amides is 2. The zero-order chi connectivity index (χ0) is 30.4. The third kappa shape index (κ3) is 11.9. The van der Waals surface area contributed by atoms with Gasteiger partial charge in [-0.25, -0.2) is 4.79 Å². The number of aliphatic carboxylic acids is 2. The zero-order valence-corrected chi connectivity index (χ0v) is 24.1. The van der Waals surface area contributed by atoms with Crippen LogP contribution < -0.4 is 20.1 Å². The molecule has 222 valence electrons. The number of rotatable bonds is 18. The molecule has 0 heterocycles. The number of thioether (sulfide) groups is 1. The summed E-state index contributed by atoms with van der Waals surface area (Å²) in [5.74, 6) is -3.23. The van der Waals surface area contributed by atoms with Crippen molar-refractivity contribution in [3.63, 3.8) is 0 Å². The van der Waals surface area contributed by atoms with Gasteiger partial charge < -0.3 is 30.3 Å². The third-order valence-electron chi connectivity index (χ3n) is 5.75. The van der Waals surface area contributed by atoms with Crippen molar-refractivity contribution in [2.75, 3.05) is 19.0 Å². The predicted octanol–water partition coefficient (Wildman–Crippen LogP) is 2.69. The molecule has 0 aliphatic heterocycles. The zero-order valence-electron chi connectivity index (χ0n) is 23.3. The number of carboxylic acid groups (broad SMARTS) is 2. The van der Waals surface area contributed by atoms with Crippen LogP contribution in [0.3, 0.4) is 0 Å². The van der Waals surface area contributed by atoms with Crippen LogP contribution in [0.15, 0.2) is 48.5 Å². The van der Waals surface area contributed by atoms with Gasteiger partial charge in [0.1, 0.15) is 17.5 Å². The highest BCUT2D eigenvalue weighted by atomic mass is 32.2. The minimum atomic E-state index is -1.26. The number of Topliss-reactive ketones (excluding diaryl/α,β-unsaturated/α-hetero) is 1. The molecule has 1 unspecified atom stereocenters. The van der Waals surface area contributed by atoms with Crippen LogP contribution in [-0.2, 0) is 36.1 Å². The van der Waals surface area contributed by atoms with Crippen molar-refractivity contribution in [1.29, 1.82) is 0 Å². The second-order valence-corrected chi connectivity index (χ2v) is 10.4. The van der Waals surface area contributed by atoms with E-state index in [0.29, 0.717) is 23.7 Å². The highest BCUT2D eigenvalue weighted by Gasteiger charge is 2.30. The van der Waals surface area contributed by atoms with E-state index in [1.54, 1.807) is 26.8 Å². The SMILES string of the molecule is CCOc1ccc(OCC(=O)O)cc1CC(=O)N[C@H](C(=O)NC(CC(=O)O)C(=O)CSCc1ccccc1)C(C)C. The number of ketones is 1. The fraction of sp³-hybridized carbons (Fsp3) is 0.414. The van der Waals surface area contributed by atoms with E-state index < -0.39 is 54.6 Å². The lowest BCUT2D eigenvalue weighted by molar-refractivity contribution is -0.140. The molecule has 2 atom stereocenters. The van der Waals surface area contributed by atoms with Crippen molar-refractivity contribution in [3.8, 4) is 11.5 Å². The Kier molecular flexibility index (Phi) is 13.7. The molecule has 0 radical (unpaired) electrons. The molecule has 0 spiro atoms. The number of nitrogens with one attached hydrogen (secondary N) is 2.